The third kappa shape index (κ3) is 4.69. The van der Waals surface area contributed by atoms with Gasteiger partial charge in [-0.25, -0.2) is 4.79 Å². The van der Waals surface area contributed by atoms with Crippen molar-refractivity contribution in [3.05, 3.63) is 60.2 Å². The minimum Gasteiger partial charge on any atom is -0.385 e. The van der Waals surface area contributed by atoms with E-state index in [0.29, 0.717) is 0 Å². The molecule has 138 valence electrons. The van der Waals surface area contributed by atoms with Crippen molar-refractivity contribution < 1.29 is 4.79 Å². The zero-order valence-corrected chi connectivity index (χ0v) is 15.7. The smallest absolute Gasteiger partial charge is 0.319 e. The molecule has 1 aliphatic heterocycles. The lowest BCUT2D eigenvalue weighted by atomic mass is 10.1. The number of carbonyl (C=O) groups is 1. The summed E-state index contributed by atoms with van der Waals surface area (Å²) in [6.07, 6.45) is 1.02. The van der Waals surface area contributed by atoms with Gasteiger partial charge in [-0.15, -0.1) is 0 Å². The van der Waals surface area contributed by atoms with E-state index in [1.807, 2.05) is 11.0 Å². The maximum absolute atomic E-state index is 12.0. The lowest BCUT2D eigenvalue weighted by Gasteiger charge is -2.37. The Hall–Kier alpha value is -2.69. The Morgan fingerprint density at radius 1 is 0.962 bits per heavy atom. The van der Waals surface area contributed by atoms with Crippen LogP contribution in [0.25, 0.3) is 0 Å². The Morgan fingerprint density at radius 3 is 2.23 bits per heavy atom. The van der Waals surface area contributed by atoms with Gasteiger partial charge in [-0.3, -0.25) is 0 Å². The summed E-state index contributed by atoms with van der Waals surface area (Å²) in [6, 6.07) is 19.2. The molecule has 0 spiro atoms. The first kappa shape index (κ1) is 18.1. The second-order valence-corrected chi connectivity index (χ2v) is 6.86. The van der Waals surface area contributed by atoms with Crippen LogP contribution in [0.1, 0.15) is 5.56 Å². The molecule has 3 rings (SSSR count). The van der Waals surface area contributed by atoms with Crippen LogP contribution in [0.4, 0.5) is 16.2 Å². The van der Waals surface area contributed by atoms with Gasteiger partial charge in [0, 0.05) is 58.2 Å². The van der Waals surface area contributed by atoms with E-state index in [9.17, 15) is 4.79 Å². The number of hydrogen-bond acceptors (Lipinski definition) is 3. The molecule has 1 heterocycles. The molecule has 5 nitrogen and oxygen atoms in total. The number of hydrogen-bond donors (Lipinski definition) is 1. The number of carbonyl (C=O) groups excluding carboxylic acids is 1. The van der Waals surface area contributed by atoms with Crippen molar-refractivity contribution in [2.75, 3.05) is 57.0 Å². The van der Waals surface area contributed by atoms with Gasteiger partial charge in [-0.2, -0.15) is 0 Å². The van der Waals surface area contributed by atoms with Crippen LogP contribution in [0.3, 0.4) is 0 Å². The van der Waals surface area contributed by atoms with Gasteiger partial charge in [-0.05, 0) is 36.2 Å². The predicted octanol–water partition coefficient (Wildman–Crippen LogP) is 3.14. The average Bonchev–Trinajstić information content (AvgIpc) is 2.69. The maximum Gasteiger partial charge on any atom is 0.319 e. The van der Waals surface area contributed by atoms with Gasteiger partial charge in [0.25, 0.3) is 0 Å². The number of nitrogens with zero attached hydrogens (tertiary/aromatic N) is 3. The van der Waals surface area contributed by atoms with Gasteiger partial charge in [-0.1, -0.05) is 30.3 Å². The van der Waals surface area contributed by atoms with E-state index < -0.39 is 0 Å². The first-order valence-electron chi connectivity index (χ1n) is 9.22. The van der Waals surface area contributed by atoms with Crippen LogP contribution in [0.15, 0.2) is 54.6 Å². The summed E-state index contributed by atoms with van der Waals surface area (Å²) in [5.41, 5.74) is 3.71. The molecule has 1 aliphatic rings. The summed E-state index contributed by atoms with van der Waals surface area (Å²) in [5, 5.41) is 3.48. The maximum atomic E-state index is 12.0. The summed E-state index contributed by atoms with van der Waals surface area (Å²) in [4.78, 5) is 17.9. The van der Waals surface area contributed by atoms with Gasteiger partial charge in [0.1, 0.15) is 0 Å². The minimum absolute atomic E-state index is 0.0996. The number of anilines is 2. The standard InChI is InChI=1S/C21H28N4O/c1-23(2)21(26)25-16-14-24(15-17-25)20-10-8-19(9-11-20)22-13-12-18-6-4-3-5-7-18/h3-11,22H,12-17H2,1-2H3. The highest BCUT2D eigenvalue weighted by atomic mass is 16.2. The van der Waals surface area contributed by atoms with Crippen LogP contribution < -0.4 is 10.2 Å². The van der Waals surface area contributed by atoms with Crippen molar-refractivity contribution in [3.8, 4) is 0 Å². The summed E-state index contributed by atoms with van der Waals surface area (Å²) in [7, 11) is 3.61. The summed E-state index contributed by atoms with van der Waals surface area (Å²) in [5.74, 6) is 0. The molecule has 5 heteroatoms. The van der Waals surface area contributed by atoms with E-state index in [2.05, 4.69) is 58.7 Å². The molecule has 0 aromatic heterocycles. The van der Waals surface area contributed by atoms with Crippen molar-refractivity contribution in [1.29, 1.82) is 0 Å². The number of urea groups is 1. The molecule has 0 radical (unpaired) electrons. The van der Waals surface area contributed by atoms with Crippen LogP contribution >= 0.6 is 0 Å². The molecule has 2 aromatic rings. The zero-order valence-electron chi connectivity index (χ0n) is 15.7. The molecule has 1 fully saturated rings. The number of nitrogens with one attached hydrogen (secondary N) is 1. The fourth-order valence-electron chi connectivity index (χ4n) is 3.22. The molecule has 26 heavy (non-hydrogen) atoms. The summed E-state index contributed by atoms with van der Waals surface area (Å²) in [6.45, 7) is 4.22. The van der Waals surface area contributed by atoms with E-state index in [-0.39, 0.29) is 6.03 Å². The number of piperazine rings is 1. The molecular weight excluding hydrogens is 324 g/mol. The highest BCUT2D eigenvalue weighted by Crippen LogP contribution is 2.20. The lowest BCUT2D eigenvalue weighted by molar-refractivity contribution is 0.168. The van der Waals surface area contributed by atoms with Crippen LogP contribution in [-0.4, -0.2) is 62.7 Å². The average molecular weight is 352 g/mol. The molecule has 2 amide bonds. The quantitative estimate of drug-likeness (QED) is 0.898. The molecule has 1 saturated heterocycles. The topological polar surface area (TPSA) is 38.8 Å². The van der Waals surface area contributed by atoms with Crippen molar-refractivity contribution >= 4 is 17.4 Å². The second kappa shape index (κ2) is 8.61. The number of amides is 2. The van der Waals surface area contributed by atoms with Crippen molar-refractivity contribution in [2.24, 2.45) is 0 Å². The third-order valence-corrected chi connectivity index (χ3v) is 4.75. The van der Waals surface area contributed by atoms with Gasteiger partial charge in [0.05, 0.1) is 0 Å². The highest BCUT2D eigenvalue weighted by molar-refractivity contribution is 5.74. The number of benzene rings is 2. The largest absolute Gasteiger partial charge is 0.385 e. The Kier molecular flexibility index (Phi) is 6.00. The van der Waals surface area contributed by atoms with E-state index in [4.69, 9.17) is 0 Å². The molecule has 0 saturated carbocycles. The predicted molar refractivity (Wildman–Crippen MR) is 108 cm³/mol. The van der Waals surface area contributed by atoms with Crippen molar-refractivity contribution in [3.63, 3.8) is 0 Å². The van der Waals surface area contributed by atoms with E-state index in [1.54, 1.807) is 19.0 Å². The molecule has 0 unspecified atom stereocenters. The number of rotatable bonds is 5. The monoisotopic (exact) mass is 352 g/mol. The Balaban J connectivity index is 1.47. The molecule has 2 aromatic carbocycles. The molecular formula is C21H28N4O. The SMILES string of the molecule is CN(C)C(=O)N1CCN(c2ccc(NCCc3ccccc3)cc2)CC1. The fraction of sp³-hybridized carbons (Fsp3) is 0.381. The lowest BCUT2D eigenvalue weighted by Crippen LogP contribution is -2.51. The fourth-order valence-corrected chi connectivity index (χ4v) is 3.22. The zero-order chi connectivity index (χ0) is 18.4. The van der Waals surface area contributed by atoms with Crippen molar-refractivity contribution in [2.45, 2.75) is 6.42 Å². The van der Waals surface area contributed by atoms with Crippen LogP contribution in [0, 0.1) is 0 Å². The van der Waals surface area contributed by atoms with E-state index in [0.717, 1.165) is 44.8 Å². The van der Waals surface area contributed by atoms with Crippen molar-refractivity contribution in [1.82, 2.24) is 9.80 Å². The van der Waals surface area contributed by atoms with E-state index in [1.165, 1.54) is 11.3 Å². The van der Waals surface area contributed by atoms with Gasteiger partial charge in [0.15, 0.2) is 0 Å². The molecule has 0 atom stereocenters. The first-order valence-corrected chi connectivity index (χ1v) is 9.22. The summed E-state index contributed by atoms with van der Waals surface area (Å²) >= 11 is 0. The third-order valence-electron chi connectivity index (χ3n) is 4.75. The van der Waals surface area contributed by atoms with E-state index >= 15 is 0 Å². The summed E-state index contributed by atoms with van der Waals surface area (Å²) < 4.78 is 0. The highest BCUT2D eigenvalue weighted by Gasteiger charge is 2.22. The van der Waals surface area contributed by atoms with Crippen LogP contribution in [-0.2, 0) is 6.42 Å². The first-order chi connectivity index (χ1) is 12.6. The molecule has 1 N–H and O–H groups in total. The normalized spacial score (nSPS) is 14.2. The van der Waals surface area contributed by atoms with Gasteiger partial charge in [0.2, 0.25) is 0 Å². The molecule has 0 bridgehead atoms. The molecule has 0 aliphatic carbocycles. The Labute approximate surface area is 156 Å². The van der Waals surface area contributed by atoms with Gasteiger partial charge < -0.3 is 20.0 Å². The second-order valence-electron chi connectivity index (χ2n) is 6.86. The van der Waals surface area contributed by atoms with Crippen LogP contribution in [0.5, 0.6) is 0 Å². The Bertz CT molecular complexity index is 692. The van der Waals surface area contributed by atoms with Gasteiger partial charge >= 0.3 is 6.03 Å². The minimum atomic E-state index is 0.0996. The Morgan fingerprint density at radius 2 is 1.62 bits per heavy atom. The van der Waals surface area contributed by atoms with Crippen LogP contribution in [0.2, 0.25) is 0 Å².